The summed E-state index contributed by atoms with van der Waals surface area (Å²) < 4.78 is 5.13. The Balaban J connectivity index is 1.69. The van der Waals surface area contributed by atoms with Crippen LogP contribution in [-0.2, 0) is 17.6 Å². The molecular formula is C15H19N3O2. The van der Waals surface area contributed by atoms with Crippen LogP contribution in [0.4, 0.5) is 0 Å². The van der Waals surface area contributed by atoms with Crippen LogP contribution >= 0.6 is 0 Å². The average molecular weight is 273 g/mol. The molecule has 0 fully saturated rings. The van der Waals surface area contributed by atoms with Gasteiger partial charge in [-0.2, -0.15) is 0 Å². The summed E-state index contributed by atoms with van der Waals surface area (Å²) in [5, 5.41) is 2.91. The largest absolute Gasteiger partial charge is 0.497 e. The van der Waals surface area contributed by atoms with Gasteiger partial charge in [0.2, 0.25) is 5.91 Å². The number of H-pyrrole nitrogens is 1. The SMILES string of the molecule is COc1cccc(CC(=O)NCCCc2ncc[nH]2)c1. The maximum Gasteiger partial charge on any atom is 0.224 e. The molecule has 0 spiro atoms. The van der Waals surface area contributed by atoms with Crippen LogP contribution in [0.15, 0.2) is 36.7 Å². The molecule has 1 amide bonds. The first-order chi connectivity index (χ1) is 9.78. The van der Waals surface area contributed by atoms with E-state index in [0.29, 0.717) is 13.0 Å². The van der Waals surface area contributed by atoms with E-state index in [1.165, 1.54) is 0 Å². The molecule has 0 aliphatic rings. The summed E-state index contributed by atoms with van der Waals surface area (Å²) in [5.41, 5.74) is 0.952. The lowest BCUT2D eigenvalue weighted by Crippen LogP contribution is -2.26. The zero-order chi connectivity index (χ0) is 14.2. The van der Waals surface area contributed by atoms with Gasteiger partial charge in [-0.3, -0.25) is 4.79 Å². The van der Waals surface area contributed by atoms with E-state index in [2.05, 4.69) is 15.3 Å². The van der Waals surface area contributed by atoms with Crippen LogP contribution in [0.2, 0.25) is 0 Å². The third kappa shape index (κ3) is 4.42. The molecule has 1 aromatic heterocycles. The number of hydrogen-bond acceptors (Lipinski definition) is 3. The number of hydrogen-bond donors (Lipinski definition) is 2. The van der Waals surface area contributed by atoms with E-state index in [0.717, 1.165) is 30.0 Å². The zero-order valence-corrected chi connectivity index (χ0v) is 11.6. The lowest BCUT2D eigenvalue weighted by Gasteiger charge is -2.06. The van der Waals surface area contributed by atoms with Gasteiger partial charge < -0.3 is 15.0 Å². The number of nitrogens with zero attached hydrogens (tertiary/aromatic N) is 1. The summed E-state index contributed by atoms with van der Waals surface area (Å²) in [6.07, 6.45) is 5.62. The van der Waals surface area contributed by atoms with Crippen LogP contribution < -0.4 is 10.1 Å². The Morgan fingerprint density at radius 2 is 2.35 bits per heavy atom. The molecule has 0 saturated heterocycles. The number of nitrogens with one attached hydrogen (secondary N) is 2. The normalized spacial score (nSPS) is 10.2. The van der Waals surface area contributed by atoms with Crippen molar-refractivity contribution in [3.05, 3.63) is 48.0 Å². The summed E-state index contributed by atoms with van der Waals surface area (Å²) in [6, 6.07) is 7.55. The summed E-state index contributed by atoms with van der Waals surface area (Å²) in [4.78, 5) is 19.0. The number of aryl methyl sites for hydroxylation is 1. The molecule has 5 heteroatoms. The molecule has 0 unspecified atom stereocenters. The van der Waals surface area contributed by atoms with E-state index >= 15 is 0 Å². The van der Waals surface area contributed by atoms with Crippen molar-refractivity contribution in [2.75, 3.05) is 13.7 Å². The topological polar surface area (TPSA) is 67.0 Å². The van der Waals surface area contributed by atoms with Gasteiger partial charge >= 0.3 is 0 Å². The molecule has 0 atom stereocenters. The number of rotatable bonds is 7. The minimum Gasteiger partial charge on any atom is -0.497 e. The first kappa shape index (κ1) is 14.1. The van der Waals surface area contributed by atoms with E-state index < -0.39 is 0 Å². The molecule has 1 heterocycles. The van der Waals surface area contributed by atoms with Gasteiger partial charge in [0.05, 0.1) is 13.5 Å². The summed E-state index contributed by atoms with van der Waals surface area (Å²) >= 11 is 0. The van der Waals surface area contributed by atoms with Gasteiger partial charge in [-0.1, -0.05) is 12.1 Å². The Bertz CT molecular complexity index is 538. The van der Waals surface area contributed by atoms with Gasteiger partial charge in [0.15, 0.2) is 0 Å². The maximum absolute atomic E-state index is 11.8. The van der Waals surface area contributed by atoms with Gasteiger partial charge in [0, 0.05) is 25.4 Å². The second kappa shape index (κ2) is 7.33. The molecule has 2 aromatic rings. The summed E-state index contributed by atoms with van der Waals surface area (Å²) in [6.45, 7) is 0.656. The Hall–Kier alpha value is -2.30. The fourth-order valence-electron chi connectivity index (χ4n) is 1.95. The van der Waals surface area contributed by atoms with E-state index in [-0.39, 0.29) is 5.91 Å². The second-order valence-electron chi connectivity index (χ2n) is 4.52. The van der Waals surface area contributed by atoms with E-state index in [1.54, 1.807) is 19.5 Å². The van der Waals surface area contributed by atoms with Gasteiger partial charge in [-0.25, -0.2) is 4.98 Å². The van der Waals surface area contributed by atoms with Crippen molar-refractivity contribution >= 4 is 5.91 Å². The van der Waals surface area contributed by atoms with Gasteiger partial charge in [0.25, 0.3) is 0 Å². The number of ether oxygens (including phenoxy) is 1. The fourth-order valence-corrected chi connectivity index (χ4v) is 1.95. The zero-order valence-electron chi connectivity index (χ0n) is 11.6. The van der Waals surface area contributed by atoms with Gasteiger partial charge in [0.1, 0.15) is 11.6 Å². The average Bonchev–Trinajstić information content (AvgIpc) is 2.97. The molecule has 0 aliphatic heterocycles. The fraction of sp³-hybridized carbons (Fsp3) is 0.333. The van der Waals surface area contributed by atoms with Gasteiger partial charge in [-0.15, -0.1) is 0 Å². The highest BCUT2D eigenvalue weighted by molar-refractivity contribution is 5.78. The quantitative estimate of drug-likeness (QED) is 0.755. The van der Waals surface area contributed by atoms with E-state index in [4.69, 9.17) is 4.74 Å². The molecule has 20 heavy (non-hydrogen) atoms. The van der Waals surface area contributed by atoms with Crippen molar-refractivity contribution in [1.29, 1.82) is 0 Å². The van der Waals surface area contributed by atoms with Crippen molar-refractivity contribution in [2.45, 2.75) is 19.3 Å². The van der Waals surface area contributed by atoms with Crippen LogP contribution in [-0.4, -0.2) is 29.5 Å². The highest BCUT2D eigenvalue weighted by Gasteiger charge is 2.04. The molecule has 2 rings (SSSR count). The summed E-state index contributed by atoms with van der Waals surface area (Å²) in [7, 11) is 1.62. The lowest BCUT2D eigenvalue weighted by molar-refractivity contribution is -0.120. The Labute approximate surface area is 118 Å². The Morgan fingerprint density at radius 1 is 1.45 bits per heavy atom. The van der Waals surface area contributed by atoms with E-state index in [1.807, 2.05) is 24.3 Å². The number of carbonyl (C=O) groups is 1. The number of methoxy groups -OCH3 is 1. The van der Waals surface area contributed by atoms with Crippen molar-refractivity contribution in [1.82, 2.24) is 15.3 Å². The maximum atomic E-state index is 11.8. The van der Waals surface area contributed by atoms with Crippen LogP contribution in [0.1, 0.15) is 17.8 Å². The van der Waals surface area contributed by atoms with Crippen LogP contribution in [0.3, 0.4) is 0 Å². The van der Waals surface area contributed by atoms with Crippen molar-refractivity contribution in [3.63, 3.8) is 0 Å². The van der Waals surface area contributed by atoms with Crippen LogP contribution in [0, 0.1) is 0 Å². The molecule has 0 radical (unpaired) electrons. The smallest absolute Gasteiger partial charge is 0.224 e. The van der Waals surface area contributed by atoms with Crippen molar-refractivity contribution in [3.8, 4) is 5.75 Å². The monoisotopic (exact) mass is 273 g/mol. The second-order valence-corrected chi connectivity index (χ2v) is 4.52. The third-order valence-corrected chi connectivity index (χ3v) is 2.97. The number of amides is 1. The number of aromatic amines is 1. The van der Waals surface area contributed by atoms with Gasteiger partial charge in [-0.05, 0) is 24.1 Å². The van der Waals surface area contributed by atoms with E-state index in [9.17, 15) is 4.79 Å². The standard InChI is InChI=1S/C15H19N3O2/c1-20-13-5-2-4-12(10-13)11-15(19)18-7-3-6-14-16-8-9-17-14/h2,4-5,8-10H,3,6-7,11H2,1H3,(H,16,17)(H,18,19). The minimum absolute atomic E-state index is 0.0256. The molecule has 1 aromatic carbocycles. The Kier molecular flexibility index (Phi) is 5.17. The molecular weight excluding hydrogens is 254 g/mol. The molecule has 2 N–H and O–H groups in total. The first-order valence-corrected chi connectivity index (χ1v) is 6.66. The molecule has 0 aliphatic carbocycles. The third-order valence-electron chi connectivity index (χ3n) is 2.97. The number of aromatic nitrogens is 2. The van der Waals surface area contributed by atoms with Crippen LogP contribution in [0.25, 0.3) is 0 Å². The predicted octanol–water partition coefficient (Wildman–Crippen LogP) is 1.71. The first-order valence-electron chi connectivity index (χ1n) is 6.66. The highest BCUT2D eigenvalue weighted by Crippen LogP contribution is 2.12. The molecule has 5 nitrogen and oxygen atoms in total. The summed E-state index contributed by atoms with van der Waals surface area (Å²) in [5.74, 6) is 1.75. The molecule has 0 bridgehead atoms. The van der Waals surface area contributed by atoms with Crippen molar-refractivity contribution < 1.29 is 9.53 Å². The predicted molar refractivity (Wildman–Crippen MR) is 76.6 cm³/mol. The lowest BCUT2D eigenvalue weighted by atomic mass is 10.1. The number of carbonyl (C=O) groups excluding carboxylic acids is 1. The van der Waals surface area contributed by atoms with Crippen LogP contribution in [0.5, 0.6) is 5.75 Å². The highest BCUT2D eigenvalue weighted by atomic mass is 16.5. The van der Waals surface area contributed by atoms with Crippen molar-refractivity contribution in [2.24, 2.45) is 0 Å². The number of imidazole rings is 1. The molecule has 106 valence electrons. The number of benzene rings is 1. The minimum atomic E-state index is 0.0256. The molecule has 0 saturated carbocycles. The Morgan fingerprint density at radius 3 is 3.10 bits per heavy atom.